The van der Waals surface area contributed by atoms with Gasteiger partial charge < -0.3 is 10.4 Å². The molecule has 1 aromatic carbocycles. The molecule has 0 saturated heterocycles. The van der Waals surface area contributed by atoms with E-state index < -0.39 is 5.97 Å². The quantitative estimate of drug-likeness (QED) is 0.803. The van der Waals surface area contributed by atoms with E-state index in [0.29, 0.717) is 0 Å². The van der Waals surface area contributed by atoms with Crippen molar-refractivity contribution in [2.75, 3.05) is 0 Å². The van der Waals surface area contributed by atoms with Gasteiger partial charge in [-0.1, -0.05) is 24.3 Å². The summed E-state index contributed by atoms with van der Waals surface area (Å²) in [5.41, 5.74) is 2.45. The molecule has 2 N–H and O–H groups in total. The van der Waals surface area contributed by atoms with Crippen LogP contribution in [0.5, 0.6) is 0 Å². The molecule has 0 aliphatic heterocycles. The number of hydrogen-bond donors (Lipinski definition) is 2. The second-order valence-corrected chi connectivity index (χ2v) is 4.24. The van der Waals surface area contributed by atoms with Crippen molar-refractivity contribution in [2.24, 2.45) is 0 Å². The summed E-state index contributed by atoms with van der Waals surface area (Å²) in [6.45, 7) is 6.01. The lowest BCUT2D eigenvalue weighted by atomic mass is 10.0. The first-order valence-corrected chi connectivity index (χ1v) is 5.54. The maximum Gasteiger partial charge on any atom is 0.304 e. The lowest BCUT2D eigenvalue weighted by Gasteiger charge is -2.20. The normalized spacial score (nSPS) is 14.4. The van der Waals surface area contributed by atoms with Crippen molar-refractivity contribution in [3.8, 4) is 0 Å². The van der Waals surface area contributed by atoms with Gasteiger partial charge in [-0.15, -0.1) is 0 Å². The Morgan fingerprint density at radius 2 is 2.00 bits per heavy atom. The molecule has 0 spiro atoms. The van der Waals surface area contributed by atoms with E-state index in [0.717, 1.165) is 0 Å². The average molecular weight is 221 g/mol. The fourth-order valence-corrected chi connectivity index (χ4v) is 1.91. The topological polar surface area (TPSA) is 49.3 Å². The Labute approximate surface area is 96.5 Å². The van der Waals surface area contributed by atoms with Gasteiger partial charge in [0.1, 0.15) is 0 Å². The van der Waals surface area contributed by atoms with Crippen LogP contribution in [0.4, 0.5) is 0 Å². The molecular weight excluding hydrogens is 202 g/mol. The Balaban J connectivity index is 2.62. The zero-order valence-electron chi connectivity index (χ0n) is 10.0. The number of carboxylic acids is 1. The van der Waals surface area contributed by atoms with Crippen LogP contribution < -0.4 is 5.32 Å². The number of rotatable bonds is 5. The van der Waals surface area contributed by atoms with Gasteiger partial charge in [-0.05, 0) is 31.9 Å². The van der Waals surface area contributed by atoms with E-state index in [1.807, 2.05) is 19.1 Å². The van der Waals surface area contributed by atoms with Crippen LogP contribution in [0.1, 0.15) is 37.4 Å². The van der Waals surface area contributed by atoms with Gasteiger partial charge in [-0.3, -0.25) is 4.79 Å². The molecule has 0 aromatic heterocycles. The lowest BCUT2D eigenvalue weighted by molar-refractivity contribution is -0.137. The van der Waals surface area contributed by atoms with Gasteiger partial charge in [0.25, 0.3) is 0 Å². The van der Waals surface area contributed by atoms with E-state index in [-0.39, 0.29) is 18.5 Å². The maximum absolute atomic E-state index is 10.6. The second kappa shape index (κ2) is 5.66. The first kappa shape index (κ1) is 12.7. The fourth-order valence-electron chi connectivity index (χ4n) is 1.91. The molecule has 3 heteroatoms. The van der Waals surface area contributed by atoms with Crippen LogP contribution in [-0.4, -0.2) is 17.1 Å². The first-order valence-electron chi connectivity index (χ1n) is 5.54. The second-order valence-electron chi connectivity index (χ2n) is 4.24. The minimum atomic E-state index is -0.767. The third-order valence-electron chi connectivity index (χ3n) is 2.67. The molecule has 0 aliphatic carbocycles. The number of carboxylic acid groups (broad SMARTS) is 1. The van der Waals surface area contributed by atoms with Crippen LogP contribution in [-0.2, 0) is 4.79 Å². The molecule has 0 aliphatic rings. The smallest absolute Gasteiger partial charge is 0.304 e. The van der Waals surface area contributed by atoms with Crippen molar-refractivity contribution in [3.63, 3.8) is 0 Å². The molecule has 1 rings (SSSR count). The number of nitrogens with one attached hydrogen (secondary N) is 1. The minimum absolute atomic E-state index is 0.0212. The number of benzene rings is 1. The van der Waals surface area contributed by atoms with Gasteiger partial charge >= 0.3 is 5.97 Å². The molecule has 2 atom stereocenters. The summed E-state index contributed by atoms with van der Waals surface area (Å²) in [6, 6.07) is 8.30. The molecule has 88 valence electrons. The zero-order valence-corrected chi connectivity index (χ0v) is 10.0. The Morgan fingerprint density at radius 1 is 1.38 bits per heavy atom. The van der Waals surface area contributed by atoms with Crippen molar-refractivity contribution >= 4 is 5.97 Å². The van der Waals surface area contributed by atoms with Crippen LogP contribution in [0, 0.1) is 6.92 Å². The summed E-state index contributed by atoms with van der Waals surface area (Å²) in [4.78, 5) is 10.6. The van der Waals surface area contributed by atoms with Gasteiger partial charge in [0.15, 0.2) is 0 Å². The number of aliphatic carboxylic acids is 1. The highest BCUT2D eigenvalue weighted by molar-refractivity contribution is 5.67. The van der Waals surface area contributed by atoms with Crippen molar-refractivity contribution in [3.05, 3.63) is 35.4 Å². The van der Waals surface area contributed by atoms with E-state index in [1.165, 1.54) is 11.1 Å². The molecule has 0 heterocycles. The Kier molecular flexibility index (Phi) is 4.50. The van der Waals surface area contributed by atoms with Crippen LogP contribution in [0.25, 0.3) is 0 Å². The van der Waals surface area contributed by atoms with E-state index >= 15 is 0 Å². The van der Waals surface area contributed by atoms with Crippen LogP contribution >= 0.6 is 0 Å². The van der Waals surface area contributed by atoms with E-state index in [9.17, 15) is 4.79 Å². The van der Waals surface area contributed by atoms with Gasteiger partial charge in [-0.2, -0.15) is 0 Å². The summed E-state index contributed by atoms with van der Waals surface area (Å²) in [7, 11) is 0. The highest BCUT2D eigenvalue weighted by Gasteiger charge is 2.13. The minimum Gasteiger partial charge on any atom is -0.481 e. The third-order valence-corrected chi connectivity index (χ3v) is 2.67. The lowest BCUT2D eigenvalue weighted by Crippen LogP contribution is -2.31. The zero-order chi connectivity index (χ0) is 12.1. The van der Waals surface area contributed by atoms with Gasteiger partial charge in [-0.25, -0.2) is 0 Å². The molecule has 0 saturated carbocycles. The molecule has 0 radical (unpaired) electrons. The molecule has 0 amide bonds. The van der Waals surface area contributed by atoms with Crippen molar-refractivity contribution < 1.29 is 9.90 Å². The standard InChI is InChI=1S/C13H19NO2/c1-9-6-4-5-7-12(9)11(3)14-10(2)8-13(15)16/h4-7,10-11,14H,8H2,1-3H3,(H,15,16)/t10?,11-/m0/s1. The Bertz CT molecular complexity index is 363. The molecule has 0 fully saturated rings. The largest absolute Gasteiger partial charge is 0.481 e. The highest BCUT2D eigenvalue weighted by atomic mass is 16.4. The summed E-state index contributed by atoms with van der Waals surface area (Å²) in [5, 5.41) is 12.0. The summed E-state index contributed by atoms with van der Waals surface area (Å²) >= 11 is 0. The SMILES string of the molecule is Cc1ccccc1[C@H](C)NC(C)CC(=O)O. The molecule has 16 heavy (non-hydrogen) atoms. The molecule has 1 unspecified atom stereocenters. The van der Waals surface area contributed by atoms with Crippen LogP contribution in [0.2, 0.25) is 0 Å². The molecule has 1 aromatic rings. The van der Waals surface area contributed by atoms with E-state index in [4.69, 9.17) is 5.11 Å². The Morgan fingerprint density at radius 3 is 2.56 bits per heavy atom. The highest BCUT2D eigenvalue weighted by Crippen LogP contribution is 2.17. The summed E-state index contributed by atoms with van der Waals surface area (Å²) in [5.74, 6) is -0.767. The van der Waals surface area contributed by atoms with E-state index in [2.05, 4.69) is 31.3 Å². The monoisotopic (exact) mass is 221 g/mol. The third kappa shape index (κ3) is 3.66. The van der Waals surface area contributed by atoms with Crippen LogP contribution in [0.15, 0.2) is 24.3 Å². The molecular formula is C13H19NO2. The van der Waals surface area contributed by atoms with Gasteiger partial charge in [0.2, 0.25) is 0 Å². The van der Waals surface area contributed by atoms with E-state index in [1.54, 1.807) is 0 Å². The molecule has 3 nitrogen and oxygen atoms in total. The number of carbonyl (C=O) groups is 1. The average Bonchev–Trinajstić information content (AvgIpc) is 2.16. The van der Waals surface area contributed by atoms with Crippen LogP contribution in [0.3, 0.4) is 0 Å². The summed E-state index contributed by atoms with van der Waals surface area (Å²) in [6.07, 6.45) is 0.149. The predicted octanol–water partition coefficient (Wildman–Crippen LogP) is 2.51. The number of aryl methyl sites for hydroxylation is 1. The predicted molar refractivity (Wildman–Crippen MR) is 64.4 cm³/mol. The number of hydrogen-bond acceptors (Lipinski definition) is 2. The van der Waals surface area contributed by atoms with Crippen molar-refractivity contribution in [1.82, 2.24) is 5.32 Å². The first-order chi connectivity index (χ1) is 7.50. The Hall–Kier alpha value is -1.35. The maximum atomic E-state index is 10.6. The summed E-state index contributed by atoms with van der Waals surface area (Å²) < 4.78 is 0. The van der Waals surface area contributed by atoms with Crippen molar-refractivity contribution in [1.29, 1.82) is 0 Å². The fraction of sp³-hybridized carbons (Fsp3) is 0.462. The van der Waals surface area contributed by atoms with Gasteiger partial charge in [0, 0.05) is 12.1 Å². The van der Waals surface area contributed by atoms with Gasteiger partial charge in [0.05, 0.1) is 6.42 Å². The van der Waals surface area contributed by atoms with Crippen molar-refractivity contribution in [2.45, 2.75) is 39.3 Å². The molecule has 0 bridgehead atoms.